The molecule has 3 nitrogen and oxygen atoms in total. The van der Waals surface area contributed by atoms with Gasteiger partial charge in [-0.3, -0.25) is 14.8 Å². The highest BCUT2D eigenvalue weighted by molar-refractivity contribution is 5.04. The van der Waals surface area contributed by atoms with Crippen LogP contribution in [0, 0.1) is 0 Å². The smallest absolute Gasteiger partial charge is 0.0544 e. The molecule has 2 fully saturated rings. The number of piperidine rings is 1. The van der Waals surface area contributed by atoms with Gasteiger partial charge in [-0.2, -0.15) is 0 Å². The van der Waals surface area contributed by atoms with E-state index in [4.69, 9.17) is 0 Å². The van der Waals surface area contributed by atoms with Gasteiger partial charge in [-0.15, -0.1) is 0 Å². The summed E-state index contributed by atoms with van der Waals surface area (Å²) in [4.78, 5) is 9.88. The molecule has 0 spiro atoms. The molecule has 2 atom stereocenters. The van der Waals surface area contributed by atoms with Crippen molar-refractivity contribution < 1.29 is 0 Å². The number of rotatable bonds is 3. The van der Waals surface area contributed by atoms with Crippen LogP contribution in [-0.4, -0.2) is 46.5 Å². The van der Waals surface area contributed by atoms with Crippen molar-refractivity contribution in [3.8, 4) is 0 Å². The SMILES string of the molecule is CCC1CN2CCCCC2CN1Cc1ccccn1. The van der Waals surface area contributed by atoms with Gasteiger partial charge in [-0.05, 0) is 37.9 Å². The average Bonchev–Trinajstić information content (AvgIpc) is 2.47. The Balaban J connectivity index is 1.68. The van der Waals surface area contributed by atoms with Gasteiger partial charge >= 0.3 is 0 Å². The Labute approximate surface area is 116 Å². The van der Waals surface area contributed by atoms with E-state index in [2.05, 4.69) is 33.8 Å². The molecule has 2 aliphatic rings. The van der Waals surface area contributed by atoms with Crippen LogP contribution in [0.25, 0.3) is 0 Å². The van der Waals surface area contributed by atoms with E-state index >= 15 is 0 Å². The van der Waals surface area contributed by atoms with Crippen molar-refractivity contribution in [2.75, 3.05) is 19.6 Å². The highest BCUT2D eigenvalue weighted by Crippen LogP contribution is 2.26. The molecular weight excluding hydrogens is 234 g/mol. The van der Waals surface area contributed by atoms with Gasteiger partial charge in [-0.25, -0.2) is 0 Å². The maximum atomic E-state index is 4.49. The third kappa shape index (κ3) is 2.98. The standard InChI is InChI=1S/C16H25N3/c1-2-15-12-18-10-6-4-8-16(18)13-19(15)11-14-7-3-5-9-17-14/h3,5,7,9,15-16H,2,4,6,8,10-13H2,1H3. The lowest BCUT2D eigenvalue weighted by atomic mass is 9.95. The first-order chi connectivity index (χ1) is 9.36. The summed E-state index contributed by atoms with van der Waals surface area (Å²) in [5.74, 6) is 0. The van der Waals surface area contributed by atoms with Crippen molar-refractivity contribution in [3.05, 3.63) is 30.1 Å². The fourth-order valence-electron chi connectivity index (χ4n) is 3.59. The Hall–Kier alpha value is -0.930. The van der Waals surface area contributed by atoms with E-state index in [0.717, 1.165) is 12.6 Å². The average molecular weight is 259 g/mol. The third-order valence-corrected chi connectivity index (χ3v) is 4.72. The van der Waals surface area contributed by atoms with Crippen LogP contribution in [-0.2, 0) is 6.54 Å². The molecule has 3 heterocycles. The second-order valence-electron chi connectivity index (χ2n) is 5.96. The molecule has 2 unspecified atom stereocenters. The van der Waals surface area contributed by atoms with E-state index in [1.165, 1.54) is 51.0 Å². The molecule has 0 amide bonds. The van der Waals surface area contributed by atoms with Crippen molar-refractivity contribution in [2.45, 2.75) is 51.2 Å². The van der Waals surface area contributed by atoms with Gasteiger partial charge < -0.3 is 0 Å². The number of nitrogens with zero attached hydrogens (tertiary/aromatic N) is 3. The Morgan fingerprint density at radius 2 is 2.21 bits per heavy atom. The quantitative estimate of drug-likeness (QED) is 0.831. The Bertz CT molecular complexity index is 392. The largest absolute Gasteiger partial charge is 0.298 e. The van der Waals surface area contributed by atoms with Gasteiger partial charge in [0.2, 0.25) is 0 Å². The van der Waals surface area contributed by atoms with E-state index in [9.17, 15) is 0 Å². The van der Waals surface area contributed by atoms with Gasteiger partial charge in [0, 0.05) is 37.9 Å². The Morgan fingerprint density at radius 3 is 3.00 bits per heavy atom. The number of fused-ring (bicyclic) bond motifs is 1. The van der Waals surface area contributed by atoms with E-state index in [1.54, 1.807) is 0 Å². The van der Waals surface area contributed by atoms with Gasteiger partial charge in [0.25, 0.3) is 0 Å². The molecule has 0 radical (unpaired) electrons. The summed E-state index contributed by atoms with van der Waals surface area (Å²) in [7, 11) is 0. The van der Waals surface area contributed by atoms with Crippen LogP contribution in [0.3, 0.4) is 0 Å². The highest BCUT2D eigenvalue weighted by atomic mass is 15.3. The normalized spacial score (nSPS) is 29.1. The van der Waals surface area contributed by atoms with E-state index in [-0.39, 0.29) is 0 Å². The molecule has 1 aromatic heterocycles. The maximum Gasteiger partial charge on any atom is 0.0544 e. The number of hydrogen-bond donors (Lipinski definition) is 0. The van der Waals surface area contributed by atoms with Crippen LogP contribution in [0.15, 0.2) is 24.4 Å². The third-order valence-electron chi connectivity index (χ3n) is 4.72. The van der Waals surface area contributed by atoms with Crippen LogP contribution >= 0.6 is 0 Å². The van der Waals surface area contributed by atoms with Crippen LogP contribution < -0.4 is 0 Å². The lowest BCUT2D eigenvalue weighted by Gasteiger charge is -2.48. The van der Waals surface area contributed by atoms with E-state index in [0.29, 0.717) is 6.04 Å². The first-order valence-corrected chi connectivity index (χ1v) is 7.75. The summed E-state index contributed by atoms with van der Waals surface area (Å²) in [5.41, 5.74) is 1.21. The van der Waals surface area contributed by atoms with Crippen molar-refractivity contribution in [1.29, 1.82) is 0 Å². The molecule has 104 valence electrons. The zero-order chi connectivity index (χ0) is 13.1. The molecule has 19 heavy (non-hydrogen) atoms. The molecule has 0 saturated carbocycles. The van der Waals surface area contributed by atoms with E-state index < -0.39 is 0 Å². The summed E-state index contributed by atoms with van der Waals surface area (Å²) in [6.45, 7) is 7.14. The van der Waals surface area contributed by atoms with Gasteiger partial charge in [0.15, 0.2) is 0 Å². The van der Waals surface area contributed by atoms with Crippen molar-refractivity contribution in [2.24, 2.45) is 0 Å². The van der Waals surface area contributed by atoms with Crippen LogP contribution in [0.4, 0.5) is 0 Å². The zero-order valence-electron chi connectivity index (χ0n) is 12.0. The number of aromatic nitrogens is 1. The molecule has 2 aliphatic heterocycles. The van der Waals surface area contributed by atoms with Gasteiger partial charge in [0.05, 0.1) is 5.69 Å². The topological polar surface area (TPSA) is 19.4 Å². The molecule has 0 N–H and O–H groups in total. The molecular formula is C16H25N3. The highest BCUT2D eigenvalue weighted by Gasteiger charge is 2.33. The molecule has 3 heteroatoms. The molecule has 0 aromatic carbocycles. The second-order valence-corrected chi connectivity index (χ2v) is 5.96. The number of pyridine rings is 1. The van der Waals surface area contributed by atoms with Crippen molar-refractivity contribution in [1.82, 2.24) is 14.8 Å². The second kappa shape index (κ2) is 6.02. The summed E-state index contributed by atoms with van der Waals surface area (Å²) < 4.78 is 0. The minimum Gasteiger partial charge on any atom is -0.298 e. The fraction of sp³-hybridized carbons (Fsp3) is 0.688. The van der Waals surface area contributed by atoms with Crippen LogP contribution in [0.1, 0.15) is 38.3 Å². The minimum atomic E-state index is 0.705. The van der Waals surface area contributed by atoms with E-state index in [1.807, 2.05) is 12.3 Å². The summed E-state index contributed by atoms with van der Waals surface area (Å²) >= 11 is 0. The minimum absolute atomic E-state index is 0.705. The summed E-state index contributed by atoms with van der Waals surface area (Å²) in [6, 6.07) is 7.75. The maximum absolute atomic E-state index is 4.49. The van der Waals surface area contributed by atoms with Crippen molar-refractivity contribution in [3.63, 3.8) is 0 Å². The molecule has 1 aromatic rings. The lowest BCUT2D eigenvalue weighted by molar-refractivity contribution is 0.00269. The zero-order valence-corrected chi connectivity index (χ0v) is 12.0. The first kappa shape index (κ1) is 13.1. The predicted molar refractivity (Wildman–Crippen MR) is 77.9 cm³/mol. The number of piperazine rings is 1. The van der Waals surface area contributed by atoms with Gasteiger partial charge in [0.1, 0.15) is 0 Å². The number of hydrogen-bond acceptors (Lipinski definition) is 3. The molecule has 0 bridgehead atoms. The van der Waals surface area contributed by atoms with Crippen LogP contribution in [0.2, 0.25) is 0 Å². The first-order valence-electron chi connectivity index (χ1n) is 7.75. The predicted octanol–water partition coefficient (Wildman–Crippen LogP) is 2.53. The van der Waals surface area contributed by atoms with Crippen LogP contribution in [0.5, 0.6) is 0 Å². The molecule has 2 saturated heterocycles. The fourth-order valence-corrected chi connectivity index (χ4v) is 3.59. The Morgan fingerprint density at radius 1 is 1.26 bits per heavy atom. The summed E-state index contributed by atoms with van der Waals surface area (Å²) in [5, 5.41) is 0. The van der Waals surface area contributed by atoms with Crippen molar-refractivity contribution >= 4 is 0 Å². The summed E-state index contributed by atoms with van der Waals surface area (Å²) in [6.07, 6.45) is 7.35. The molecule has 0 aliphatic carbocycles. The lowest BCUT2D eigenvalue weighted by Crippen LogP contribution is -2.59. The molecule has 3 rings (SSSR count). The Kier molecular flexibility index (Phi) is 4.14. The van der Waals surface area contributed by atoms with Gasteiger partial charge in [-0.1, -0.05) is 19.4 Å². The monoisotopic (exact) mass is 259 g/mol.